The van der Waals surface area contributed by atoms with Gasteiger partial charge in [-0.2, -0.15) is 0 Å². The Hall–Kier alpha value is -2.29. The van der Waals surface area contributed by atoms with Crippen LogP contribution in [-0.4, -0.2) is 92.4 Å². The molecule has 3 amide bonds. The summed E-state index contributed by atoms with van der Waals surface area (Å²) in [5, 5.41) is 0. The molecular weight excluding hydrogens is 370 g/mol. The molecule has 3 rings (SSSR count). The Kier molecular flexibility index (Phi) is 5.59. The molecule has 27 heavy (non-hydrogen) atoms. The van der Waals surface area contributed by atoms with Crippen molar-refractivity contribution < 1.29 is 22.7 Å². The molecule has 2 heterocycles. The molecule has 2 fully saturated rings. The van der Waals surface area contributed by atoms with Gasteiger partial charge in [0.1, 0.15) is 5.75 Å². The standard InChI is InChI=1S/C18H25N3O5S/c1-19(2)18(23)21-10-9-20(15-12-27(24,25)13-16(15)21)17(22)8-11-26-14-6-4-3-5-7-14/h3-7,15-16H,8-13H2,1-2H3/t15-,16+/m1/s1. The van der Waals surface area contributed by atoms with E-state index < -0.39 is 21.9 Å². The lowest BCUT2D eigenvalue weighted by Crippen LogP contribution is -2.63. The first kappa shape index (κ1) is 19.5. The Morgan fingerprint density at radius 2 is 1.67 bits per heavy atom. The largest absolute Gasteiger partial charge is 0.493 e. The van der Waals surface area contributed by atoms with Crippen molar-refractivity contribution in [2.75, 3.05) is 45.3 Å². The van der Waals surface area contributed by atoms with Crippen LogP contribution in [0.4, 0.5) is 4.79 Å². The Bertz CT molecular complexity index is 796. The SMILES string of the molecule is CN(C)C(=O)N1CCN(C(=O)CCOc2ccccc2)[C@@H]2CS(=O)(=O)C[C@@H]21. The molecule has 2 aliphatic rings. The van der Waals surface area contributed by atoms with Crippen molar-refractivity contribution in [3.63, 3.8) is 0 Å². The van der Waals surface area contributed by atoms with Crippen LogP contribution in [0.5, 0.6) is 5.75 Å². The molecule has 0 radical (unpaired) electrons. The average Bonchev–Trinajstić information content (AvgIpc) is 2.95. The van der Waals surface area contributed by atoms with E-state index in [4.69, 9.17) is 4.74 Å². The number of piperazine rings is 1. The van der Waals surface area contributed by atoms with E-state index in [1.165, 1.54) is 4.90 Å². The molecule has 8 nitrogen and oxygen atoms in total. The van der Waals surface area contributed by atoms with E-state index in [0.717, 1.165) is 0 Å². The number of para-hydroxylation sites is 1. The molecule has 0 saturated carbocycles. The fourth-order valence-corrected chi connectivity index (χ4v) is 5.65. The number of hydrogen-bond donors (Lipinski definition) is 0. The Morgan fingerprint density at radius 1 is 1.07 bits per heavy atom. The van der Waals surface area contributed by atoms with Gasteiger partial charge >= 0.3 is 6.03 Å². The van der Waals surface area contributed by atoms with Crippen LogP contribution >= 0.6 is 0 Å². The lowest BCUT2D eigenvalue weighted by molar-refractivity contribution is -0.136. The van der Waals surface area contributed by atoms with Crippen molar-refractivity contribution in [1.29, 1.82) is 0 Å². The van der Waals surface area contributed by atoms with E-state index in [-0.39, 0.29) is 36.5 Å². The zero-order valence-corrected chi connectivity index (χ0v) is 16.4. The summed E-state index contributed by atoms with van der Waals surface area (Å²) in [6, 6.07) is 8.02. The highest BCUT2D eigenvalue weighted by molar-refractivity contribution is 7.91. The second-order valence-corrected chi connectivity index (χ2v) is 9.23. The molecule has 0 bridgehead atoms. The zero-order chi connectivity index (χ0) is 19.6. The molecule has 0 aliphatic carbocycles. The summed E-state index contributed by atoms with van der Waals surface area (Å²) in [4.78, 5) is 29.7. The van der Waals surface area contributed by atoms with Crippen LogP contribution in [0.3, 0.4) is 0 Å². The fourth-order valence-electron chi connectivity index (χ4n) is 3.67. The van der Waals surface area contributed by atoms with E-state index >= 15 is 0 Å². The van der Waals surface area contributed by atoms with Gasteiger partial charge in [-0.15, -0.1) is 0 Å². The van der Waals surface area contributed by atoms with Crippen molar-refractivity contribution in [3.05, 3.63) is 30.3 Å². The van der Waals surface area contributed by atoms with Crippen LogP contribution in [0.2, 0.25) is 0 Å². The maximum Gasteiger partial charge on any atom is 0.319 e. The molecule has 1 aromatic rings. The zero-order valence-electron chi connectivity index (χ0n) is 15.6. The van der Waals surface area contributed by atoms with Crippen molar-refractivity contribution >= 4 is 21.8 Å². The second kappa shape index (κ2) is 7.75. The first-order valence-corrected chi connectivity index (χ1v) is 10.8. The van der Waals surface area contributed by atoms with E-state index in [0.29, 0.717) is 18.8 Å². The highest BCUT2D eigenvalue weighted by atomic mass is 32.2. The number of benzene rings is 1. The van der Waals surface area contributed by atoms with Gasteiger partial charge in [0.2, 0.25) is 5.91 Å². The third kappa shape index (κ3) is 4.35. The first-order valence-electron chi connectivity index (χ1n) is 8.94. The molecule has 2 atom stereocenters. The Morgan fingerprint density at radius 3 is 2.30 bits per heavy atom. The topological polar surface area (TPSA) is 87.2 Å². The van der Waals surface area contributed by atoms with Crippen LogP contribution < -0.4 is 4.74 Å². The van der Waals surface area contributed by atoms with Crippen molar-refractivity contribution in [2.24, 2.45) is 0 Å². The number of carbonyl (C=O) groups excluding carboxylic acids is 2. The minimum absolute atomic E-state index is 0.0957. The van der Waals surface area contributed by atoms with Gasteiger partial charge in [0.25, 0.3) is 0 Å². The van der Waals surface area contributed by atoms with Crippen LogP contribution in [0, 0.1) is 0 Å². The third-order valence-electron chi connectivity index (χ3n) is 4.95. The minimum Gasteiger partial charge on any atom is -0.493 e. The van der Waals surface area contributed by atoms with Crippen LogP contribution in [0.15, 0.2) is 30.3 Å². The van der Waals surface area contributed by atoms with Gasteiger partial charge in [0.15, 0.2) is 9.84 Å². The fraction of sp³-hybridized carbons (Fsp3) is 0.556. The van der Waals surface area contributed by atoms with Gasteiger partial charge < -0.3 is 19.4 Å². The van der Waals surface area contributed by atoms with Gasteiger partial charge in [0, 0.05) is 27.2 Å². The highest BCUT2D eigenvalue weighted by Crippen LogP contribution is 2.28. The van der Waals surface area contributed by atoms with Crippen molar-refractivity contribution in [2.45, 2.75) is 18.5 Å². The summed E-state index contributed by atoms with van der Waals surface area (Å²) in [5.74, 6) is 0.352. The number of nitrogens with zero attached hydrogens (tertiary/aromatic N) is 3. The lowest BCUT2D eigenvalue weighted by Gasteiger charge is -2.44. The molecule has 9 heteroatoms. The smallest absolute Gasteiger partial charge is 0.319 e. The molecule has 1 aromatic carbocycles. The minimum atomic E-state index is -3.29. The number of ether oxygens (including phenoxy) is 1. The summed E-state index contributed by atoms with van der Waals surface area (Å²) in [7, 11) is -0.0122. The number of hydrogen-bond acceptors (Lipinski definition) is 5. The maximum absolute atomic E-state index is 12.7. The Labute approximate surface area is 159 Å². The van der Waals surface area contributed by atoms with Gasteiger partial charge in [-0.3, -0.25) is 4.79 Å². The lowest BCUT2D eigenvalue weighted by atomic mass is 10.0. The van der Waals surface area contributed by atoms with Crippen LogP contribution in [0.25, 0.3) is 0 Å². The second-order valence-electron chi connectivity index (χ2n) is 7.08. The van der Waals surface area contributed by atoms with Crippen molar-refractivity contribution in [1.82, 2.24) is 14.7 Å². The molecule has 0 unspecified atom stereocenters. The molecule has 2 aliphatic heterocycles. The summed E-state index contributed by atoms with van der Waals surface area (Å²) >= 11 is 0. The molecular formula is C18H25N3O5S. The highest BCUT2D eigenvalue weighted by Gasteiger charge is 2.49. The average molecular weight is 395 g/mol. The molecule has 148 valence electrons. The molecule has 2 saturated heterocycles. The van der Waals surface area contributed by atoms with Gasteiger partial charge in [-0.25, -0.2) is 13.2 Å². The molecule has 0 N–H and O–H groups in total. The summed E-state index contributed by atoms with van der Waals surface area (Å²) < 4.78 is 29.9. The Balaban J connectivity index is 1.66. The van der Waals surface area contributed by atoms with Gasteiger partial charge in [-0.05, 0) is 12.1 Å². The summed E-state index contributed by atoms with van der Waals surface area (Å²) in [6.07, 6.45) is 0.166. The van der Waals surface area contributed by atoms with Gasteiger partial charge in [0.05, 0.1) is 36.6 Å². The summed E-state index contributed by atoms with van der Waals surface area (Å²) in [6.45, 7) is 0.892. The number of sulfone groups is 1. The number of urea groups is 1. The number of amides is 3. The number of rotatable bonds is 4. The molecule has 0 spiro atoms. The predicted molar refractivity (Wildman–Crippen MR) is 100 cm³/mol. The first-order chi connectivity index (χ1) is 12.8. The monoisotopic (exact) mass is 395 g/mol. The van der Waals surface area contributed by atoms with Crippen LogP contribution in [0.1, 0.15) is 6.42 Å². The van der Waals surface area contributed by atoms with E-state index in [9.17, 15) is 18.0 Å². The quantitative estimate of drug-likeness (QED) is 0.739. The normalized spacial score (nSPS) is 23.6. The molecule has 0 aromatic heterocycles. The van der Waals surface area contributed by atoms with Gasteiger partial charge in [-0.1, -0.05) is 18.2 Å². The van der Waals surface area contributed by atoms with Crippen molar-refractivity contribution in [3.8, 4) is 5.75 Å². The van der Waals surface area contributed by atoms with E-state index in [2.05, 4.69) is 0 Å². The van der Waals surface area contributed by atoms with E-state index in [1.54, 1.807) is 23.9 Å². The van der Waals surface area contributed by atoms with E-state index in [1.807, 2.05) is 30.3 Å². The predicted octanol–water partition coefficient (Wildman–Crippen LogP) is 0.447. The summed E-state index contributed by atoms with van der Waals surface area (Å²) in [5.41, 5.74) is 0. The third-order valence-corrected chi connectivity index (χ3v) is 6.65. The number of fused-ring (bicyclic) bond motifs is 1. The maximum atomic E-state index is 12.7. The van der Waals surface area contributed by atoms with Crippen LogP contribution in [-0.2, 0) is 14.6 Å². The number of carbonyl (C=O) groups is 2.